The number of nitrogens with one attached hydrogen (secondary N) is 2. The fraction of sp³-hybridized carbons (Fsp3) is 0.727. The van der Waals surface area contributed by atoms with E-state index in [0.29, 0.717) is 42.6 Å². The lowest BCUT2D eigenvalue weighted by molar-refractivity contribution is -0.192. The third kappa shape index (κ3) is 32.7. The van der Waals surface area contributed by atoms with Crippen molar-refractivity contribution in [2.75, 3.05) is 32.9 Å². The van der Waals surface area contributed by atoms with Crippen molar-refractivity contribution in [3.8, 4) is 17.2 Å². The maximum Gasteiger partial charge on any atom is 0.490 e. The van der Waals surface area contributed by atoms with E-state index in [1.54, 1.807) is 12.1 Å². The summed E-state index contributed by atoms with van der Waals surface area (Å²) in [5, 5.41) is 13.0. The summed E-state index contributed by atoms with van der Waals surface area (Å²) in [6, 6.07) is 12.1. The van der Waals surface area contributed by atoms with Crippen LogP contribution in [0.4, 0.5) is 13.2 Å². The lowest BCUT2D eigenvalue weighted by atomic mass is 10.1. The highest BCUT2D eigenvalue weighted by atomic mass is 19.4. The standard InChI is InChI=1S/C53H91N3O5.C2HF3O2/c1-4-7-10-13-16-19-22-25-28-34-41-59-48-44-47(52(57)55-39-40-56-53(58)50(54)46-37-32-31-33-38-46)45-49(60-42-35-29-26-23-20-17-14-11-8-5-2)51(48)61-43-36-30-27-24-21-18-15-12-9-6-3;3-2(4,5)1(6)7/h31-33,37-38,44-45,50H,4-30,34-36,39-43,54H2,1-3H3,(H,55,57)(H,56,58);(H,6,7)/t50-;/m0./s1. The number of nitrogens with two attached hydrogens (primary N) is 1. The molecule has 0 heterocycles. The van der Waals surface area contributed by atoms with Gasteiger partial charge in [-0.15, -0.1) is 0 Å². The molecule has 5 N–H and O–H groups in total. The molecule has 0 bridgehead atoms. The molecule has 2 rings (SSSR count). The summed E-state index contributed by atoms with van der Waals surface area (Å²) in [4.78, 5) is 35.2. The van der Waals surface area contributed by atoms with E-state index in [2.05, 4.69) is 31.4 Å². The number of carbonyl (C=O) groups is 3. The highest BCUT2D eigenvalue weighted by Gasteiger charge is 2.38. The molecule has 0 spiro atoms. The van der Waals surface area contributed by atoms with Gasteiger partial charge in [0.2, 0.25) is 11.7 Å². The molecular weight excluding hydrogens is 872 g/mol. The van der Waals surface area contributed by atoms with Crippen LogP contribution in [0.5, 0.6) is 17.2 Å². The molecule has 10 nitrogen and oxygen atoms in total. The highest BCUT2D eigenvalue weighted by Crippen LogP contribution is 2.40. The van der Waals surface area contributed by atoms with E-state index in [9.17, 15) is 22.8 Å². The van der Waals surface area contributed by atoms with E-state index in [1.807, 2.05) is 30.3 Å². The Morgan fingerprint density at radius 3 is 1.21 bits per heavy atom. The molecule has 0 radical (unpaired) electrons. The first-order chi connectivity index (χ1) is 33.0. The summed E-state index contributed by atoms with van der Waals surface area (Å²) < 4.78 is 51.2. The third-order valence-corrected chi connectivity index (χ3v) is 11.9. The average molecular weight is 964 g/mol. The number of hydrogen-bond acceptors (Lipinski definition) is 7. The van der Waals surface area contributed by atoms with E-state index in [0.717, 1.165) is 44.1 Å². The van der Waals surface area contributed by atoms with Crippen molar-refractivity contribution in [2.24, 2.45) is 5.73 Å². The van der Waals surface area contributed by atoms with Crippen LogP contribution in [-0.2, 0) is 9.59 Å². The average Bonchev–Trinajstić information content (AvgIpc) is 3.33. The quantitative estimate of drug-likeness (QED) is 0.0481. The van der Waals surface area contributed by atoms with Crippen molar-refractivity contribution in [2.45, 2.75) is 226 Å². The fourth-order valence-electron chi connectivity index (χ4n) is 7.76. The first kappa shape index (κ1) is 62.0. The first-order valence-corrected chi connectivity index (χ1v) is 26.7. The second kappa shape index (κ2) is 41.9. The second-order valence-electron chi connectivity index (χ2n) is 18.1. The maximum atomic E-state index is 13.6. The molecule has 0 aromatic heterocycles. The number of carboxylic acid groups (broad SMARTS) is 1. The Bertz CT molecular complexity index is 1500. The van der Waals surface area contributed by atoms with Crippen LogP contribution in [0.3, 0.4) is 0 Å². The summed E-state index contributed by atoms with van der Waals surface area (Å²) in [5.41, 5.74) is 7.37. The van der Waals surface area contributed by atoms with Gasteiger partial charge in [-0.05, 0) is 37.0 Å². The predicted molar refractivity (Wildman–Crippen MR) is 271 cm³/mol. The number of benzene rings is 2. The molecule has 2 amide bonds. The van der Waals surface area contributed by atoms with Gasteiger partial charge in [0.25, 0.3) is 5.91 Å². The van der Waals surface area contributed by atoms with Gasteiger partial charge in [0.05, 0.1) is 19.8 Å². The number of halogens is 3. The largest absolute Gasteiger partial charge is 0.490 e. The van der Waals surface area contributed by atoms with Crippen LogP contribution in [0, 0.1) is 0 Å². The minimum Gasteiger partial charge on any atom is -0.490 e. The Morgan fingerprint density at radius 2 is 0.853 bits per heavy atom. The van der Waals surface area contributed by atoms with Gasteiger partial charge in [0.1, 0.15) is 6.04 Å². The number of amides is 2. The summed E-state index contributed by atoms with van der Waals surface area (Å²) in [5.74, 6) is -1.56. The van der Waals surface area contributed by atoms with Gasteiger partial charge in [0, 0.05) is 18.7 Å². The van der Waals surface area contributed by atoms with E-state index in [4.69, 9.17) is 29.8 Å². The van der Waals surface area contributed by atoms with Crippen LogP contribution in [0.2, 0.25) is 0 Å². The topological polar surface area (TPSA) is 149 Å². The van der Waals surface area contributed by atoms with Crippen molar-refractivity contribution in [3.63, 3.8) is 0 Å². The summed E-state index contributed by atoms with van der Waals surface area (Å²) in [6.45, 7) is 9.01. The van der Waals surface area contributed by atoms with Gasteiger partial charge in [-0.2, -0.15) is 13.2 Å². The van der Waals surface area contributed by atoms with Gasteiger partial charge in [-0.3, -0.25) is 9.59 Å². The predicted octanol–water partition coefficient (Wildman–Crippen LogP) is 14.8. The number of alkyl halides is 3. The molecular formula is C55H92F3N3O7. The molecule has 68 heavy (non-hydrogen) atoms. The van der Waals surface area contributed by atoms with Crippen molar-refractivity contribution in [1.29, 1.82) is 0 Å². The maximum absolute atomic E-state index is 13.6. The minimum absolute atomic E-state index is 0.254. The Hall–Kier alpha value is -4.00. The monoisotopic (exact) mass is 964 g/mol. The van der Waals surface area contributed by atoms with Crippen molar-refractivity contribution in [3.05, 3.63) is 53.6 Å². The number of carboxylic acids is 1. The summed E-state index contributed by atoms with van der Waals surface area (Å²) >= 11 is 0. The van der Waals surface area contributed by atoms with E-state index in [1.165, 1.54) is 154 Å². The number of carbonyl (C=O) groups excluding carboxylic acids is 2. The number of hydrogen-bond donors (Lipinski definition) is 4. The molecule has 0 aliphatic rings. The Balaban J connectivity index is 0.00000304. The van der Waals surface area contributed by atoms with Crippen molar-refractivity contribution < 1.29 is 46.9 Å². The lowest BCUT2D eigenvalue weighted by Gasteiger charge is -2.19. The zero-order chi connectivity index (χ0) is 49.9. The van der Waals surface area contributed by atoms with Crippen LogP contribution in [-0.4, -0.2) is 62.0 Å². The van der Waals surface area contributed by atoms with Crippen LogP contribution in [0.1, 0.15) is 235 Å². The molecule has 390 valence electrons. The first-order valence-electron chi connectivity index (χ1n) is 26.7. The number of aliphatic carboxylic acids is 1. The number of rotatable bonds is 42. The normalized spacial score (nSPS) is 11.6. The fourth-order valence-corrected chi connectivity index (χ4v) is 7.76. The van der Waals surface area contributed by atoms with Crippen LogP contribution >= 0.6 is 0 Å². The molecule has 0 fully saturated rings. The van der Waals surface area contributed by atoms with E-state index in [-0.39, 0.29) is 24.9 Å². The molecule has 2 aromatic rings. The molecule has 0 saturated carbocycles. The second-order valence-corrected chi connectivity index (χ2v) is 18.1. The lowest BCUT2D eigenvalue weighted by Crippen LogP contribution is -2.39. The molecule has 0 aliphatic carbocycles. The summed E-state index contributed by atoms with van der Waals surface area (Å²) in [7, 11) is 0. The Labute approximate surface area is 409 Å². The van der Waals surface area contributed by atoms with Crippen LogP contribution < -0.4 is 30.6 Å². The Morgan fingerprint density at radius 1 is 0.529 bits per heavy atom. The molecule has 0 aliphatic heterocycles. The van der Waals surface area contributed by atoms with Gasteiger partial charge in [0.15, 0.2) is 11.5 Å². The van der Waals surface area contributed by atoms with Gasteiger partial charge >= 0.3 is 12.1 Å². The van der Waals surface area contributed by atoms with Gasteiger partial charge in [-0.1, -0.05) is 224 Å². The van der Waals surface area contributed by atoms with Gasteiger partial charge < -0.3 is 35.7 Å². The van der Waals surface area contributed by atoms with Crippen molar-refractivity contribution >= 4 is 17.8 Å². The highest BCUT2D eigenvalue weighted by molar-refractivity contribution is 5.95. The van der Waals surface area contributed by atoms with Crippen LogP contribution in [0.25, 0.3) is 0 Å². The molecule has 0 saturated heterocycles. The molecule has 13 heteroatoms. The SMILES string of the molecule is CCCCCCCCCCCCOc1cc(C(=O)NCCNC(=O)[C@@H](N)c2ccccc2)cc(OCCCCCCCCCCCC)c1OCCCCCCCCCCCC.O=C(O)C(F)(F)F. The summed E-state index contributed by atoms with van der Waals surface area (Å²) in [6.07, 6.45) is 32.6. The molecule has 2 aromatic carbocycles. The molecule has 1 atom stereocenters. The zero-order valence-electron chi connectivity index (χ0n) is 42.5. The van der Waals surface area contributed by atoms with Crippen molar-refractivity contribution in [1.82, 2.24) is 10.6 Å². The van der Waals surface area contributed by atoms with Gasteiger partial charge in [-0.25, -0.2) is 4.79 Å². The smallest absolute Gasteiger partial charge is 0.490 e. The Kier molecular flexibility index (Phi) is 38.2. The van der Waals surface area contributed by atoms with E-state index < -0.39 is 18.2 Å². The zero-order valence-corrected chi connectivity index (χ0v) is 42.5. The van der Waals surface area contributed by atoms with E-state index >= 15 is 0 Å². The van der Waals surface area contributed by atoms with Crippen LogP contribution in [0.15, 0.2) is 42.5 Å². The molecule has 0 unspecified atom stereocenters. The minimum atomic E-state index is -5.08. The number of unbranched alkanes of at least 4 members (excludes halogenated alkanes) is 27. The number of ether oxygens (including phenoxy) is 3. The third-order valence-electron chi connectivity index (χ3n) is 11.9.